The molecule has 1 aliphatic rings. The minimum atomic E-state index is 0.908. The summed E-state index contributed by atoms with van der Waals surface area (Å²) in [4.78, 5) is 0. The van der Waals surface area contributed by atoms with Crippen LogP contribution in [0.3, 0.4) is 0 Å². The summed E-state index contributed by atoms with van der Waals surface area (Å²) in [6, 6.07) is 0. The highest BCUT2D eigenvalue weighted by molar-refractivity contribution is 5.19. The summed E-state index contributed by atoms with van der Waals surface area (Å²) in [5.41, 5.74) is 1.46. The molecule has 0 atom stereocenters. The molecule has 0 N–H and O–H groups in total. The van der Waals surface area contributed by atoms with Crippen molar-refractivity contribution in [3.63, 3.8) is 0 Å². The minimum Gasteiger partial charge on any atom is -0.498 e. The normalized spacial score (nSPS) is 15.6. The van der Waals surface area contributed by atoms with E-state index in [-0.39, 0.29) is 0 Å². The van der Waals surface area contributed by atoms with Gasteiger partial charge < -0.3 is 4.74 Å². The van der Waals surface area contributed by atoms with Crippen molar-refractivity contribution in [1.29, 1.82) is 0 Å². The summed E-state index contributed by atoms with van der Waals surface area (Å²) >= 11 is 0. The van der Waals surface area contributed by atoms with E-state index < -0.39 is 0 Å². The standard InChI is InChI=1S/C15H26O/c1-3-4-5-6-7-8-13-16-15-11-9-14(2)10-12-15/h9,11H,3-8,10,12-13H2,1-2H3. The molecular formula is C15H26O. The van der Waals surface area contributed by atoms with Crippen LogP contribution in [0.1, 0.15) is 65.2 Å². The van der Waals surface area contributed by atoms with Gasteiger partial charge in [-0.2, -0.15) is 0 Å². The zero-order valence-corrected chi connectivity index (χ0v) is 10.9. The maximum Gasteiger partial charge on any atom is 0.0962 e. The van der Waals surface area contributed by atoms with Gasteiger partial charge in [0, 0.05) is 6.42 Å². The molecule has 1 nitrogen and oxygen atoms in total. The molecule has 0 aliphatic heterocycles. The quantitative estimate of drug-likeness (QED) is 0.526. The molecule has 0 bridgehead atoms. The second-order valence-corrected chi connectivity index (χ2v) is 4.76. The summed E-state index contributed by atoms with van der Waals surface area (Å²) in [5.74, 6) is 1.18. The van der Waals surface area contributed by atoms with Crippen LogP contribution in [0.5, 0.6) is 0 Å². The molecular weight excluding hydrogens is 196 g/mol. The van der Waals surface area contributed by atoms with Crippen LogP contribution in [0, 0.1) is 0 Å². The first-order chi connectivity index (χ1) is 7.83. The SMILES string of the molecule is CCCCCCCCOC1=CC=C(C)CC1. The highest BCUT2D eigenvalue weighted by Crippen LogP contribution is 2.18. The van der Waals surface area contributed by atoms with Crippen LogP contribution in [-0.2, 0) is 4.74 Å². The van der Waals surface area contributed by atoms with E-state index in [4.69, 9.17) is 4.74 Å². The van der Waals surface area contributed by atoms with E-state index in [2.05, 4.69) is 26.0 Å². The lowest BCUT2D eigenvalue weighted by Crippen LogP contribution is -1.98. The Bertz CT molecular complexity index is 238. The maximum atomic E-state index is 5.75. The Morgan fingerprint density at radius 3 is 2.44 bits per heavy atom. The van der Waals surface area contributed by atoms with E-state index in [1.807, 2.05) is 0 Å². The molecule has 1 heteroatoms. The van der Waals surface area contributed by atoms with Crippen molar-refractivity contribution in [2.75, 3.05) is 6.61 Å². The van der Waals surface area contributed by atoms with Gasteiger partial charge in [0.25, 0.3) is 0 Å². The number of ether oxygens (including phenoxy) is 1. The molecule has 0 saturated carbocycles. The van der Waals surface area contributed by atoms with Crippen LogP contribution in [0.15, 0.2) is 23.5 Å². The molecule has 0 aromatic heterocycles. The van der Waals surface area contributed by atoms with E-state index in [1.54, 1.807) is 0 Å². The van der Waals surface area contributed by atoms with Crippen molar-refractivity contribution in [3.05, 3.63) is 23.5 Å². The average Bonchev–Trinajstić information content (AvgIpc) is 2.30. The van der Waals surface area contributed by atoms with E-state index in [9.17, 15) is 0 Å². The lowest BCUT2D eigenvalue weighted by molar-refractivity contribution is 0.194. The number of rotatable bonds is 8. The van der Waals surface area contributed by atoms with Crippen molar-refractivity contribution in [2.45, 2.75) is 65.2 Å². The molecule has 0 heterocycles. The smallest absolute Gasteiger partial charge is 0.0962 e. The average molecular weight is 222 g/mol. The van der Waals surface area contributed by atoms with Gasteiger partial charge in [-0.3, -0.25) is 0 Å². The molecule has 16 heavy (non-hydrogen) atoms. The van der Waals surface area contributed by atoms with Crippen LogP contribution in [0.25, 0.3) is 0 Å². The zero-order valence-electron chi connectivity index (χ0n) is 10.9. The van der Waals surface area contributed by atoms with Gasteiger partial charge >= 0.3 is 0 Å². The van der Waals surface area contributed by atoms with Gasteiger partial charge in [-0.1, -0.05) is 50.7 Å². The number of hydrogen-bond donors (Lipinski definition) is 0. The molecule has 0 radical (unpaired) electrons. The summed E-state index contributed by atoms with van der Waals surface area (Å²) in [6.45, 7) is 5.35. The van der Waals surface area contributed by atoms with Crippen LogP contribution in [0.4, 0.5) is 0 Å². The van der Waals surface area contributed by atoms with Crippen LogP contribution >= 0.6 is 0 Å². The first-order valence-corrected chi connectivity index (χ1v) is 6.82. The highest BCUT2D eigenvalue weighted by Gasteiger charge is 2.03. The van der Waals surface area contributed by atoms with Crippen molar-refractivity contribution in [3.8, 4) is 0 Å². The minimum absolute atomic E-state index is 0.908. The summed E-state index contributed by atoms with van der Waals surface area (Å²) in [7, 11) is 0. The van der Waals surface area contributed by atoms with Crippen molar-refractivity contribution >= 4 is 0 Å². The first kappa shape index (κ1) is 13.3. The van der Waals surface area contributed by atoms with Gasteiger partial charge in [0.2, 0.25) is 0 Å². The van der Waals surface area contributed by atoms with Crippen LogP contribution in [0.2, 0.25) is 0 Å². The molecule has 0 aromatic carbocycles. The fourth-order valence-corrected chi connectivity index (χ4v) is 1.93. The zero-order chi connectivity index (χ0) is 11.6. The lowest BCUT2D eigenvalue weighted by Gasteiger charge is -2.13. The largest absolute Gasteiger partial charge is 0.498 e. The number of allylic oxidation sites excluding steroid dienone is 4. The van der Waals surface area contributed by atoms with Crippen LogP contribution in [-0.4, -0.2) is 6.61 Å². The summed E-state index contributed by atoms with van der Waals surface area (Å²) in [5, 5.41) is 0. The molecule has 0 fully saturated rings. The Morgan fingerprint density at radius 2 is 1.75 bits per heavy atom. The molecule has 92 valence electrons. The maximum absolute atomic E-state index is 5.75. The molecule has 1 rings (SSSR count). The predicted octanol–water partition coefficient (Wildman–Crippen LogP) is 4.99. The Hall–Kier alpha value is -0.720. The molecule has 0 aromatic rings. The van der Waals surface area contributed by atoms with E-state index >= 15 is 0 Å². The van der Waals surface area contributed by atoms with Gasteiger partial charge in [-0.15, -0.1) is 0 Å². The van der Waals surface area contributed by atoms with Gasteiger partial charge in [0.15, 0.2) is 0 Å². The van der Waals surface area contributed by atoms with Gasteiger partial charge in [-0.05, 0) is 25.8 Å². The Kier molecular flexibility index (Phi) is 7.03. The Balaban J connectivity index is 1.95. The van der Waals surface area contributed by atoms with Gasteiger partial charge in [0.1, 0.15) is 0 Å². The summed E-state index contributed by atoms with van der Waals surface area (Å²) < 4.78 is 5.75. The fourth-order valence-electron chi connectivity index (χ4n) is 1.93. The molecule has 0 unspecified atom stereocenters. The predicted molar refractivity (Wildman–Crippen MR) is 70.4 cm³/mol. The molecule has 0 saturated heterocycles. The Labute approximate surface area is 101 Å². The summed E-state index contributed by atoms with van der Waals surface area (Å²) in [6.07, 6.45) is 14.6. The second-order valence-electron chi connectivity index (χ2n) is 4.76. The molecule has 0 spiro atoms. The lowest BCUT2D eigenvalue weighted by atomic mass is 10.1. The molecule has 0 amide bonds. The van der Waals surface area contributed by atoms with Crippen molar-refractivity contribution < 1.29 is 4.74 Å². The third kappa shape index (κ3) is 5.99. The topological polar surface area (TPSA) is 9.23 Å². The molecule has 1 aliphatic carbocycles. The third-order valence-corrected chi connectivity index (χ3v) is 3.10. The Morgan fingerprint density at radius 1 is 1.00 bits per heavy atom. The van der Waals surface area contributed by atoms with Gasteiger partial charge in [0.05, 0.1) is 12.4 Å². The highest BCUT2D eigenvalue weighted by atomic mass is 16.5. The monoisotopic (exact) mass is 222 g/mol. The van der Waals surface area contributed by atoms with Crippen molar-refractivity contribution in [2.24, 2.45) is 0 Å². The third-order valence-electron chi connectivity index (χ3n) is 3.10. The van der Waals surface area contributed by atoms with Crippen LogP contribution < -0.4 is 0 Å². The number of hydrogen-bond acceptors (Lipinski definition) is 1. The van der Waals surface area contributed by atoms with E-state index in [1.165, 1.54) is 56.3 Å². The van der Waals surface area contributed by atoms with E-state index in [0.29, 0.717) is 0 Å². The number of unbranched alkanes of at least 4 members (excludes halogenated alkanes) is 5. The van der Waals surface area contributed by atoms with Gasteiger partial charge in [-0.25, -0.2) is 0 Å². The fraction of sp³-hybridized carbons (Fsp3) is 0.733. The van der Waals surface area contributed by atoms with Crippen molar-refractivity contribution in [1.82, 2.24) is 0 Å². The second kappa shape index (κ2) is 8.43. The first-order valence-electron chi connectivity index (χ1n) is 6.82. The van der Waals surface area contributed by atoms with E-state index in [0.717, 1.165) is 13.0 Å².